The molecule has 2 aromatic heterocycles. The van der Waals surface area contributed by atoms with Gasteiger partial charge in [-0.2, -0.15) is 4.99 Å². The Kier molecular flexibility index (Phi) is 5.01. The Labute approximate surface area is 163 Å². The van der Waals surface area contributed by atoms with Crippen molar-refractivity contribution in [2.45, 2.75) is 6.92 Å². The Bertz CT molecular complexity index is 975. The van der Waals surface area contributed by atoms with Gasteiger partial charge < -0.3 is 0 Å². The molecular weight excluding hydrogens is 382 g/mol. The topological polar surface area (TPSA) is 45.6 Å². The van der Waals surface area contributed by atoms with E-state index in [4.69, 9.17) is 0 Å². The van der Waals surface area contributed by atoms with E-state index in [-0.39, 0.29) is 5.91 Å². The first-order valence-corrected chi connectivity index (χ1v) is 10.7. The normalized spacial score (nSPS) is 17.6. The van der Waals surface area contributed by atoms with E-state index < -0.39 is 0 Å². The van der Waals surface area contributed by atoms with E-state index in [1.807, 2.05) is 66.2 Å². The fourth-order valence-electron chi connectivity index (χ4n) is 2.51. The van der Waals surface area contributed by atoms with E-state index in [0.29, 0.717) is 21.7 Å². The third-order valence-corrected chi connectivity index (χ3v) is 6.33. The number of thioether (sulfide) groups is 1. The number of amides is 1. The van der Waals surface area contributed by atoms with E-state index in [1.54, 1.807) is 16.2 Å². The van der Waals surface area contributed by atoms with Crippen molar-refractivity contribution in [2.24, 2.45) is 4.99 Å². The number of hydrogen-bond acceptors (Lipinski definition) is 6. The fourth-order valence-corrected chi connectivity index (χ4v) is 5.03. The maximum absolute atomic E-state index is 12.6. The van der Waals surface area contributed by atoms with E-state index in [1.165, 1.54) is 23.1 Å². The van der Waals surface area contributed by atoms with E-state index in [9.17, 15) is 4.79 Å². The van der Waals surface area contributed by atoms with Crippen LogP contribution in [0.4, 0.5) is 5.13 Å². The molecule has 1 fully saturated rings. The van der Waals surface area contributed by atoms with Gasteiger partial charge in [0.15, 0.2) is 5.17 Å². The van der Waals surface area contributed by atoms with Crippen LogP contribution in [0.3, 0.4) is 0 Å². The van der Waals surface area contributed by atoms with Crippen LogP contribution in [0, 0.1) is 0 Å². The van der Waals surface area contributed by atoms with Crippen LogP contribution in [-0.4, -0.2) is 27.5 Å². The highest BCUT2D eigenvalue weighted by molar-refractivity contribution is 8.18. The van der Waals surface area contributed by atoms with Crippen molar-refractivity contribution in [3.05, 3.63) is 63.0 Å². The number of carbonyl (C=O) groups excluding carboxylic acids is 1. The van der Waals surface area contributed by atoms with Gasteiger partial charge in [-0.25, -0.2) is 4.98 Å². The Morgan fingerprint density at radius 2 is 2.00 bits per heavy atom. The molecule has 0 spiro atoms. The van der Waals surface area contributed by atoms with Gasteiger partial charge in [-0.15, -0.1) is 22.7 Å². The summed E-state index contributed by atoms with van der Waals surface area (Å²) in [5, 5.41) is 5.35. The molecular formula is C19H15N3OS3. The number of likely N-dealkylation sites (N-methyl/N-ethyl adjacent to an activating group) is 1. The summed E-state index contributed by atoms with van der Waals surface area (Å²) < 4.78 is 0. The molecule has 0 radical (unpaired) electrons. The standard InChI is InChI=1S/C19H15N3OS3/c1-2-22-17(23)16(11-14-9-6-10-24-14)26-19(22)21-18-20-15(12-25-18)13-7-4-3-5-8-13/h3-12H,2H2,1H3/b16-11+,21-19+. The highest BCUT2D eigenvalue weighted by Crippen LogP contribution is 2.35. The number of nitrogens with zero attached hydrogens (tertiary/aromatic N) is 3. The monoisotopic (exact) mass is 397 g/mol. The zero-order valence-electron chi connectivity index (χ0n) is 14.0. The minimum absolute atomic E-state index is 0.00416. The van der Waals surface area contributed by atoms with Gasteiger partial charge in [-0.05, 0) is 36.2 Å². The third-order valence-electron chi connectivity index (χ3n) is 3.77. The second-order valence-electron chi connectivity index (χ2n) is 5.45. The first-order valence-electron chi connectivity index (χ1n) is 8.09. The molecule has 0 atom stereocenters. The van der Waals surface area contributed by atoms with Gasteiger partial charge in [-0.3, -0.25) is 9.69 Å². The molecule has 0 saturated carbocycles. The maximum Gasteiger partial charge on any atom is 0.266 e. The van der Waals surface area contributed by atoms with Gasteiger partial charge >= 0.3 is 0 Å². The number of thiazole rings is 1. The number of thiophene rings is 1. The molecule has 3 heterocycles. The second-order valence-corrected chi connectivity index (χ2v) is 8.28. The summed E-state index contributed by atoms with van der Waals surface area (Å²) in [6, 6.07) is 14.0. The van der Waals surface area contributed by atoms with Crippen LogP contribution in [0.15, 0.2) is 63.1 Å². The number of rotatable bonds is 4. The maximum atomic E-state index is 12.6. The van der Waals surface area contributed by atoms with Gasteiger partial charge in [0.25, 0.3) is 5.91 Å². The van der Waals surface area contributed by atoms with Gasteiger partial charge in [0, 0.05) is 22.4 Å². The molecule has 4 rings (SSSR count). The minimum Gasteiger partial charge on any atom is -0.287 e. The quantitative estimate of drug-likeness (QED) is 0.547. The molecule has 0 aliphatic carbocycles. The summed E-state index contributed by atoms with van der Waals surface area (Å²) in [5.41, 5.74) is 1.97. The molecule has 7 heteroatoms. The van der Waals surface area contributed by atoms with Gasteiger partial charge in [0.1, 0.15) is 0 Å². The highest BCUT2D eigenvalue weighted by Gasteiger charge is 2.32. The predicted molar refractivity (Wildman–Crippen MR) is 112 cm³/mol. The van der Waals surface area contributed by atoms with Gasteiger partial charge in [-0.1, -0.05) is 36.4 Å². The lowest BCUT2D eigenvalue weighted by atomic mass is 10.2. The molecule has 1 saturated heterocycles. The third kappa shape index (κ3) is 3.51. The van der Waals surface area contributed by atoms with Crippen molar-refractivity contribution in [1.29, 1.82) is 0 Å². The van der Waals surface area contributed by atoms with Crippen molar-refractivity contribution in [3.8, 4) is 11.3 Å². The summed E-state index contributed by atoms with van der Waals surface area (Å²) in [5.74, 6) is 0.00416. The first kappa shape index (κ1) is 17.2. The number of carbonyl (C=O) groups is 1. The van der Waals surface area contributed by atoms with Crippen molar-refractivity contribution >= 4 is 56.7 Å². The number of hydrogen-bond donors (Lipinski definition) is 0. The zero-order valence-corrected chi connectivity index (χ0v) is 16.4. The summed E-state index contributed by atoms with van der Waals surface area (Å²) in [6.45, 7) is 2.54. The average Bonchev–Trinajstić information content (AvgIpc) is 3.39. The molecule has 1 aromatic carbocycles. The van der Waals surface area contributed by atoms with Crippen LogP contribution in [0.1, 0.15) is 11.8 Å². The largest absolute Gasteiger partial charge is 0.287 e. The van der Waals surface area contributed by atoms with E-state index in [2.05, 4.69) is 9.98 Å². The number of benzene rings is 1. The molecule has 0 N–H and O–H groups in total. The van der Waals surface area contributed by atoms with Crippen molar-refractivity contribution < 1.29 is 4.79 Å². The molecule has 3 aromatic rings. The smallest absolute Gasteiger partial charge is 0.266 e. The van der Waals surface area contributed by atoms with Crippen molar-refractivity contribution in [1.82, 2.24) is 9.88 Å². The van der Waals surface area contributed by atoms with E-state index >= 15 is 0 Å². The van der Waals surface area contributed by atoms with Crippen molar-refractivity contribution in [3.63, 3.8) is 0 Å². The summed E-state index contributed by atoms with van der Waals surface area (Å²) >= 11 is 4.51. The predicted octanol–water partition coefficient (Wildman–Crippen LogP) is 5.50. The second kappa shape index (κ2) is 7.57. The molecule has 4 nitrogen and oxygen atoms in total. The first-order chi connectivity index (χ1) is 12.7. The Balaban J connectivity index is 1.62. The van der Waals surface area contributed by atoms with Crippen LogP contribution >= 0.6 is 34.4 Å². The molecule has 1 aliphatic heterocycles. The average molecular weight is 398 g/mol. The number of aliphatic imine (C=N–C) groups is 1. The van der Waals surface area contributed by atoms with Gasteiger partial charge in [0.2, 0.25) is 5.13 Å². The van der Waals surface area contributed by atoms with Gasteiger partial charge in [0.05, 0.1) is 10.6 Å². The van der Waals surface area contributed by atoms with Crippen LogP contribution in [0.2, 0.25) is 0 Å². The molecule has 0 unspecified atom stereocenters. The van der Waals surface area contributed by atoms with Crippen LogP contribution in [0.5, 0.6) is 0 Å². The number of amidine groups is 1. The SMILES string of the molecule is CCN1C(=O)/C(=C\c2cccs2)S/C1=N/c1nc(-c2ccccc2)cs1. The molecule has 1 amide bonds. The Morgan fingerprint density at radius 1 is 1.15 bits per heavy atom. The summed E-state index contributed by atoms with van der Waals surface area (Å²) in [6.07, 6.45) is 1.93. The minimum atomic E-state index is 0.00416. The van der Waals surface area contributed by atoms with Crippen LogP contribution in [0.25, 0.3) is 17.3 Å². The molecule has 130 valence electrons. The zero-order chi connectivity index (χ0) is 17.9. The summed E-state index contributed by atoms with van der Waals surface area (Å²) in [4.78, 5) is 25.3. The van der Waals surface area contributed by atoms with E-state index in [0.717, 1.165) is 16.1 Å². The van der Waals surface area contributed by atoms with Crippen LogP contribution in [-0.2, 0) is 4.79 Å². The molecule has 1 aliphatic rings. The highest BCUT2D eigenvalue weighted by atomic mass is 32.2. The summed E-state index contributed by atoms with van der Waals surface area (Å²) in [7, 11) is 0. The lowest BCUT2D eigenvalue weighted by Crippen LogP contribution is -2.28. The lowest BCUT2D eigenvalue weighted by molar-refractivity contribution is -0.122. The number of aromatic nitrogens is 1. The molecule has 0 bridgehead atoms. The fraction of sp³-hybridized carbons (Fsp3) is 0.105. The van der Waals surface area contributed by atoms with Crippen LogP contribution < -0.4 is 0 Å². The molecule has 26 heavy (non-hydrogen) atoms. The Morgan fingerprint density at radius 3 is 2.73 bits per heavy atom. The lowest BCUT2D eigenvalue weighted by Gasteiger charge is -2.11. The van der Waals surface area contributed by atoms with Crippen molar-refractivity contribution in [2.75, 3.05) is 6.54 Å². The Hall–Kier alpha value is -2.22.